The van der Waals surface area contributed by atoms with Crippen LogP contribution < -0.4 is 4.72 Å². The number of benzene rings is 2. The third-order valence-corrected chi connectivity index (χ3v) is 7.20. The number of nitrogens with one attached hydrogen (secondary N) is 1. The monoisotopic (exact) mass is 455 g/mol. The Morgan fingerprint density at radius 2 is 1.87 bits per heavy atom. The Kier molecular flexibility index (Phi) is 6.36. The van der Waals surface area contributed by atoms with Gasteiger partial charge in [-0.1, -0.05) is 48.0 Å². The molecule has 31 heavy (non-hydrogen) atoms. The summed E-state index contributed by atoms with van der Waals surface area (Å²) in [6.45, 7) is 0.725. The zero-order chi connectivity index (χ0) is 21.8. The number of sulfonamides is 1. The molecule has 8 heteroatoms. The Morgan fingerprint density at radius 3 is 2.61 bits per heavy atom. The number of rotatable bonds is 6. The van der Waals surface area contributed by atoms with E-state index in [1.807, 2.05) is 48.5 Å². The van der Waals surface area contributed by atoms with Gasteiger partial charge in [-0.15, -0.1) is 0 Å². The number of pyridine rings is 1. The maximum Gasteiger partial charge on any atom is 0.254 e. The van der Waals surface area contributed by atoms with Gasteiger partial charge in [0.2, 0.25) is 10.0 Å². The Morgan fingerprint density at radius 1 is 1.10 bits per heavy atom. The highest BCUT2D eigenvalue weighted by Crippen LogP contribution is 2.33. The van der Waals surface area contributed by atoms with Crippen LogP contribution in [0.1, 0.15) is 40.5 Å². The van der Waals surface area contributed by atoms with Crippen molar-refractivity contribution in [2.45, 2.75) is 30.3 Å². The highest BCUT2D eigenvalue weighted by atomic mass is 35.5. The summed E-state index contributed by atoms with van der Waals surface area (Å²) < 4.78 is 28.3. The summed E-state index contributed by atoms with van der Waals surface area (Å²) in [5.41, 5.74) is 1.94. The van der Waals surface area contributed by atoms with Crippen molar-refractivity contribution >= 4 is 27.5 Å². The standard InChI is InChI=1S/C23H22ClN3O3S/c24-19-12-11-18(15-22(19)31(29,30)26-16-17-7-2-1-3-8-17)23(28)27-14-6-10-21(27)20-9-4-5-13-25-20/h1-5,7-9,11-13,15,21,26H,6,10,14,16H2. The molecular formula is C23H22ClN3O3S. The van der Waals surface area contributed by atoms with Gasteiger partial charge in [0.1, 0.15) is 4.90 Å². The first-order valence-corrected chi connectivity index (χ1v) is 11.9. The molecule has 0 radical (unpaired) electrons. The molecule has 1 aromatic heterocycles. The van der Waals surface area contributed by atoms with Gasteiger partial charge < -0.3 is 4.90 Å². The van der Waals surface area contributed by atoms with E-state index in [1.165, 1.54) is 12.1 Å². The number of hydrogen-bond donors (Lipinski definition) is 1. The number of amides is 1. The van der Waals surface area contributed by atoms with Crippen LogP contribution in [0.5, 0.6) is 0 Å². The lowest BCUT2D eigenvalue weighted by Crippen LogP contribution is -2.31. The van der Waals surface area contributed by atoms with Crippen LogP contribution in [-0.2, 0) is 16.6 Å². The Hall–Kier alpha value is -2.74. The van der Waals surface area contributed by atoms with E-state index in [0.717, 1.165) is 24.1 Å². The lowest BCUT2D eigenvalue weighted by atomic mass is 10.1. The molecule has 6 nitrogen and oxygen atoms in total. The lowest BCUT2D eigenvalue weighted by molar-refractivity contribution is 0.0732. The normalized spacial score (nSPS) is 16.4. The van der Waals surface area contributed by atoms with E-state index in [9.17, 15) is 13.2 Å². The number of aromatic nitrogens is 1. The van der Waals surface area contributed by atoms with Crippen LogP contribution in [0.3, 0.4) is 0 Å². The molecule has 0 spiro atoms. The summed E-state index contributed by atoms with van der Waals surface area (Å²) in [4.78, 5) is 19.3. The maximum atomic E-state index is 13.2. The highest BCUT2D eigenvalue weighted by molar-refractivity contribution is 7.89. The van der Waals surface area contributed by atoms with Gasteiger partial charge in [0.25, 0.3) is 5.91 Å². The molecule has 4 rings (SSSR count). The van der Waals surface area contributed by atoms with Crippen molar-refractivity contribution in [3.63, 3.8) is 0 Å². The summed E-state index contributed by atoms with van der Waals surface area (Å²) in [6.07, 6.45) is 3.40. The van der Waals surface area contributed by atoms with Crippen LogP contribution in [0.15, 0.2) is 77.8 Å². The molecule has 1 amide bonds. The van der Waals surface area contributed by atoms with Crippen LogP contribution in [0, 0.1) is 0 Å². The fourth-order valence-corrected chi connectivity index (χ4v) is 5.29. The Balaban J connectivity index is 1.57. The quantitative estimate of drug-likeness (QED) is 0.604. The van der Waals surface area contributed by atoms with Gasteiger partial charge >= 0.3 is 0 Å². The van der Waals surface area contributed by atoms with E-state index in [4.69, 9.17) is 11.6 Å². The number of hydrogen-bond acceptors (Lipinski definition) is 4. The molecule has 0 aliphatic carbocycles. The Bertz CT molecular complexity index is 1170. The molecule has 0 bridgehead atoms. The molecule has 1 aliphatic rings. The first kappa shape index (κ1) is 21.5. The maximum absolute atomic E-state index is 13.2. The molecule has 1 N–H and O–H groups in total. The van der Waals surface area contributed by atoms with Gasteiger partial charge in [-0.05, 0) is 48.7 Å². The van der Waals surface area contributed by atoms with Crippen LogP contribution in [0.4, 0.5) is 0 Å². The van der Waals surface area contributed by atoms with Gasteiger partial charge in [-0.2, -0.15) is 0 Å². The second-order valence-electron chi connectivity index (χ2n) is 7.37. The number of carbonyl (C=O) groups is 1. The van der Waals surface area contributed by atoms with Gasteiger partial charge in [0.15, 0.2) is 0 Å². The lowest BCUT2D eigenvalue weighted by Gasteiger charge is -2.24. The minimum absolute atomic E-state index is 0.0693. The Labute approximate surface area is 186 Å². The average Bonchev–Trinajstić information content (AvgIpc) is 3.29. The average molecular weight is 456 g/mol. The van der Waals surface area contributed by atoms with E-state index in [1.54, 1.807) is 17.2 Å². The van der Waals surface area contributed by atoms with Crippen LogP contribution in [0.25, 0.3) is 0 Å². The second kappa shape index (κ2) is 9.18. The number of carbonyl (C=O) groups excluding carboxylic acids is 1. The van der Waals surface area contributed by atoms with E-state index >= 15 is 0 Å². The molecule has 1 unspecified atom stereocenters. The summed E-state index contributed by atoms with van der Waals surface area (Å²) in [7, 11) is -3.90. The SMILES string of the molecule is O=C(c1ccc(Cl)c(S(=O)(=O)NCc2ccccc2)c1)N1CCCC1c1ccccn1. The summed E-state index contributed by atoms with van der Waals surface area (Å²) in [6, 6.07) is 19.1. The van der Waals surface area contributed by atoms with Crippen molar-refractivity contribution in [3.8, 4) is 0 Å². The van der Waals surface area contributed by atoms with Crippen molar-refractivity contribution in [1.82, 2.24) is 14.6 Å². The molecule has 1 aliphatic heterocycles. The smallest absolute Gasteiger partial charge is 0.254 e. The molecule has 1 fully saturated rings. The first-order valence-electron chi connectivity index (χ1n) is 10.0. The summed E-state index contributed by atoms with van der Waals surface area (Å²) >= 11 is 6.20. The van der Waals surface area contributed by atoms with Gasteiger partial charge in [-0.25, -0.2) is 13.1 Å². The van der Waals surface area contributed by atoms with Crippen molar-refractivity contribution in [1.29, 1.82) is 0 Å². The fourth-order valence-electron chi connectivity index (χ4n) is 3.75. The number of halogens is 1. The number of nitrogens with zero attached hydrogens (tertiary/aromatic N) is 2. The van der Waals surface area contributed by atoms with Gasteiger partial charge in [-0.3, -0.25) is 9.78 Å². The molecule has 2 heterocycles. The first-order chi connectivity index (χ1) is 15.0. The summed E-state index contributed by atoms with van der Waals surface area (Å²) in [5.74, 6) is -0.232. The third-order valence-electron chi connectivity index (χ3n) is 5.32. The predicted molar refractivity (Wildman–Crippen MR) is 119 cm³/mol. The molecule has 160 valence electrons. The highest BCUT2D eigenvalue weighted by Gasteiger charge is 2.32. The molecule has 3 aromatic rings. The van der Waals surface area contributed by atoms with Crippen molar-refractivity contribution < 1.29 is 13.2 Å². The molecule has 0 saturated carbocycles. The molecule has 2 aromatic carbocycles. The van der Waals surface area contributed by atoms with Crippen LogP contribution >= 0.6 is 11.6 Å². The van der Waals surface area contributed by atoms with E-state index < -0.39 is 10.0 Å². The largest absolute Gasteiger partial charge is 0.330 e. The topological polar surface area (TPSA) is 79.4 Å². The van der Waals surface area contributed by atoms with Crippen LogP contribution in [-0.4, -0.2) is 30.8 Å². The van der Waals surface area contributed by atoms with E-state index in [0.29, 0.717) is 6.54 Å². The predicted octanol–water partition coefficient (Wildman–Crippen LogP) is 4.19. The zero-order valence-corrected chi connectivity index (χ0v) is 18.3. The minimum atomic E-state index is -3.90. The molecule has 1 atom stereocenters. The van der Waals surface area contributed by atoms with Crippen molar-refractivity contribution in [2.24, 2.45) is 0 Å². The van der Waals surface area contributed by atoms with Gasteiger partial charge in [0, 0.05) is 24.8 Å². The van der Waals surface area contributed by atoms with E-state index in [-0.39, 0.29) is 34.0 Å². The second-order valence-corrected chi connectivity index (χ2v) is 9.51. The van der Waals surface area contributed by atoms with Crippen molar-refractivity contribution in [3.05, 3.63) is 94.8 Å². The third kappa shape index (κ3) is 4.79. The zero-order valence-electron chi connectivity index (χ0n) is 16.7. The van der Waals surface area contributed by atoms with Gasteiger partial charge in [0.05, 0.1) is 16.8 Å². The molecular weight excluding hydrogens is 434 g/mol. The minimum Gasteiger partial charge on any atom is -0.330 e. The van der Waals surface area contributed by atoms with Crippen molar-refractivity contribution in [2.75, 3.05) is 6.54 Å². The fraction of sp³-hybridized carbons (Fsp3) is 0.217. The number of likely N-dealkylation sites (tertiary alicyclic amines) is 1. The van der Waals surface area contributed by atoms with E-state index in [2.05, 4.69) is 9.71 Å². The van der Waals surface area contributed by atoms with Crippen LogP contribution in [0.2, 0.25) is 5.02 Å². The summed E-state index contributed by atoms with van der Waals surface area (Å²) in [5, 5.41) is 0.0693. The molecule has 1 saturated heterocycles.